The van der Waals surface area contributed by atoms with Crippen LogP contribution >= 0.6 is 0 Å². The van der Waals surface area contributed by atoms with Crippen LogP contribution < -0.4 is 10.1 Å². The van der Waals surface area contributed by atoms with E-state index in [0.29, 0.717) is 11.4 Å². The van der Waals surface area contributed by atoms with E-state index in [-0.39, 0.29) is 36.8 Å². The lowest BCUT2D eigenvalue weighted by Crippen LogP contribution is -2.23. The maximum atomic E-state index is 12.5. The number of aryl methyl sites for hydroxylation is 1. The Labute approximate surface area is 171 Å². The molecule has 0 saturated carbocycles. The molecule has 0 saturated heterocycles. The van der Waals surface area contributed by atoms with E-state index in [4.69, 9.17) is 14.6 Å². The van der Waals surface area contributed by atoms with Crippen LogP contribution in [0.4, 0.5) is 5.69 Å². The molecule has 0 atom stereocenters. The number of sulfonamides is 1. The van der Waals surface area contributed by atoms with E-state index in [1.165, 1.54) is 32.3 Å². The van der Waals surface area contributed by atoms with Crippen LogP contribution in [-0.2, 0) is 14.8 Å². The van der Waals surface area contributed by atoms with Gasteiger partial charge in [0.25, 0.3) is 0 Å². The first-order chi connectivity index (χ1) is 13.8. The number of aliphatic hydroxyl groups is 1. The van der Waals surface area contributed by atoms with Crippen LogP contribution in [0.5, 0.6) is 5.75 Å². The Hall–Kier alpha value is -2.62. The summed E-state index contributed by atoms with van der Waals surface area (Å²) in [6, 6.07) is 11.6. The summed E-state index contributed by atoms with van der Waals surface area (Å²) in [5.41, 5.74) is 1.55. The van der Waals surface area contributed by atoms with Crippen LogP contribution in [0.3, 0.4) is 0 Å². The molecule has 0 bridgehead atoms. The molecule has 0 amide bonds. The quantitative estimate of drug-likeness (QED) is 0.445. The third-order valence-corrected chi connectivity index (χ3v) is 5.83. The van der Waals surface area contributed by atoms with E-state index in [1.54, 1.807) is 0 Å². The van der Waals surface area contributed by atoms with Crippen LogP contribution in [0.15, 0.2) is 47.4 Å². The van der Waals surface area contributed by atoms with Gasteiger partial charge in [-0.2, -0.15) is 0 Å². The zero-order valence-corrected chi connectivity index (χ0v) is 17.5. The van der Waals surface area contributed by atoms with Crippen molar-refractivity contribution in [2.24, 2.45) is 0 Å². The van der Waals surface area contributed by atoms with Crippen molar-refractivity contribution < 1.29 is 27.8 Å². The fraction of sp³-hybridized carbons (Fsp3) is 0.350. The highest BCUT2D eigenvalue weighted by Crippen LogP contribution is 2.23. The van der Waals surface area contributed by atoms with E-state index in [0.717, 1.165) is 9.87 Å². The highest BCUT2D eigenvalue weighted by molar-refractivity contribution is 7.89. The number of ether oxygens (including phenoxy) is 2. The average molecular weight is 423 g/mol. The molecule has 0 unspecified atom stereocenters. The number of carbonyl (C=O) groups is 1. The summed E-state index contributed by atoms with van der Waals surface area (Å²) in [6.07, 6.45) is 0. The highest BCUT2D eigenvalue weighted by atomic mass is 32.2. The fourth-order valence-electron chi connectivity index (χ4n) is 2.41. The SMILES string of the molecule is Cc1ccc(OCCOC(=O)c2cc(S(=O)(=O)N(C)C)ccc2NCCO)cc1. The maximum absolute atomic E-state index is 12.5. The molecule has 0 fully saturated rings. The second-order valence-electron chi connectivity index (χ2n) is 6.44. The molecule has 2 aromatic carbocycles. The minimum atomic E-state index is -3.71. The lowest BCUT2D eigenvalue weighted by Gasteiger charge is -2.15. The molecular weight excluding hydrogens is 396 g/mol. The summed E-state index contributed by atoms with van der Waals surface area (Å²) in [7, 11) is -0.890. The number of rotatable bonds is 10. The molecule has 158 valence electrons. The molecule has 0 aliphatic rings. The Morgan fingerprint density at radius 2 is 1.79 bits per heavy atom. The zero-order chi connectivity index (χ0) is 21.4. The van der Waals surface area contributed by atoms with Crippen molar-refractivity contribution in [1.82, 2.24) is 4.31 Å². The summed E-state index contributed by atoms with van der Waals surface area (Å²) < 4.78 is 36.6. The van der Waals surface area contributed by atoms with Gasteiger partial charge in [0.05, 0.1) is 17.1 Å². The largest absolute Gasteiger partial charge is 0.490 e. The lowest BCUT2D eigenvalue weighted by molar-refractivity contribution is 0.0451. The first-order valence-electron chi connectivity index (χ1n) is 9.03. The molecular formula is C20H26N2O6S. The molecule has 2 N–H and O–H groups in total. The van der Waals surface area contributed by atoms with Gasteiger partial charge in [0.15, 0.2) is 0 Å². The van der Waals surface area contributed by atoms with Gasteiger partial charge in [-0.05, 0) is 37.3 Å². The van der Waals surface area contributed by atoms with Crippen molar-refractivity contribution in [3.63, 3.8) is 0 Å². The molecule has 8 nitrogen and oxygen atoms in total. The highest BCUT2D eigenvalue weighted by Gasteiger charge is 2.22. The average Bonchev–Trinajstić information content (AvgIpc) is 2.70. The van der Waals surface area contributed by atoms with E-state index in [2.05, 4.69) is 5.32 Å². The van der Waals surface area contributed by atoms with Crippen LogP contribution in [0, 0.1) is 6.92 Å². The van der Waals surface area contributed by atoms with Crippen molar-refractivity contribution in [3.05, 3.63) is 53.6 Å². The van der Waals surface area contributed by atoms with Crippen LogP contribution in [0.2, 0.25) is 0 Å². The number of aliphatic hydroxyl groups excluding tert-OH is 1. The number of hydrogen-bond donors (Lipinski definition) is 2. The Morgan fingerprint density at radius 3 is 2.41 bits per heavy atom. The van der Waals surface area contributed by atoms with Gasteiger partial charge in [-0.15, -0.1) is 0 Å². The molecule has 0 aromatic heterocycles. The van der Waals surface area contributed by atoms with Gasteiger partial charge in [-0.1, -0.05) is 17.7 Å². The van der Waals surface area contributed by atoms with Gasteiger partial charge in [0.1, 0.15) is 19.0 Å². The standard InChI is InChI=1S/C20H26N2O6S/c1-15-4-6-16(7-5-15)27-12-13-28-20(24)18-14-17(29(25,26)22(2)3)8-9-19(18)21-10-11-23/h4-9,14,21,23H,10-13H2,1-3H3. The van der Waals surface area contributed by atoms with Gasteiger partial charge in [-0.3, -0.25) is 0 Å². The number of nitrogens with zero attached hydrogens (tertiary/aromatic N) is 1. The van der Waals surface area contributed by atoms with E-state index < -0.39 is 16.0 Å². The second kappa shape index (κ2) is 10.2. The molecule has 9 heteroatoms. The predicted molar refractivity (Wildman–Crippen MR) is 110 cm³/mol. The van der Waals surface area contributed by atoms with Gasteiger partial charge in [-0.25, -0.2) is 17.5 Å². The smallest absolute Gasteiger partial charge is 0.340 e. The summed E-state index contributed by atoms with van der Waals surface area (Å²) >= 11 is 0. The third kappa shape index (κ3) is 6.18. The molecule has 0 spiro atoms. The van der Waals surface area contributed by atoms with E-state index in [1.807, 2.05) is 31.2 Å². The van der Waals surface area contributed by atoms with Crippen molar-refractivity contribution in [3.8, 4) is 5.75 Å². The van der Waals surface area contributed by atoms with Crippen LogP contribution in [0.1, 0.15) is 15.9 Å². The van der Waals surface area contributed by atoms with Crippen molar-refractivity contribution in [1.29, 1.82) is 0 Å². The number of nitrogens with one attached hydrogen (secondary N) is 1. The van der Waals surface area contributed by atoms with Crippen LogP contribution in [-0.4, -0.2) is 64.3 Å². The monoisotopic (exact) mass is 422 g/mol. The third-order valence-electron chi connectivity index (χ3n) is 4.02. The lowest BCUT2D eigenvalue weighted by atomic mass is 10.2. The number of anilines is 1. The van der Waals surface area contributed by atoms with Crippen molar-refractivity contribution in [2.75, 3.05) is 45.8 Å². The van der Waals surface area contributed by atoms with Gasteiger partial charge < -0.3 is 19.9 Å². The Kier molecular flexibility index (Phi) is 8.00. The Morgan fingerprint density at radius 1 is 1.10 bits per heavy atom. The molecule has 0 aliphatic carbocycles. The van der Waals surface area contributed by atoms with Gasteiger partial charge in [0.2, 0.25) is 10.0 Å². The normalized spacial score (nSPS) is 11.3. The van der Waals surface area contributed by atoms with Gasteiger partial charge in [0, 0.05) is 26.3 Å². The predicted octanol–water partition coefficient (Wildman–Crippen LogP) is 1.89. The van der Waals surface area contributed by atoms with Crippen molar-refractivity contribution in [2.45, 2.75) is 11.8 Å². The summed E-state index contributed by atoms with van der Waals surface area (Å²) in [6.45, 7) is 2.19. The van der Waals surface area contributed by atoms with E-state index in [9.17, 15) is 13.2 Å². The Balaban J connectivity index is 2.09. The molecule has 29 heavy (non-hydrogen) atoms. The molecule has 0 aliphatic heterocycles. The number of hydrogen-bond acceptors (Lipinski definition) is 7. The number of esters is 1. The zero-order valence-electron chi connectivity index (χ0n) is 16.7. The van der Waals surface area contributed by atoms with E-state index >= 15 is 0 Å². The van der Waals surface area contributed by atoms with Gasteiger partial charge >= 0.3 is 5.97 Å². The first-order valence-corrected chi connectivity index (χ1v) is 10.5. The first kappa shape index (κ1) is 22.7. The molecule has 0 radical (unpaired) electrons. The van der Waals surface area contributed by atoms with Crippen molar-refractivity contribution >= 4 is 21.7 Å². The summed E-state index contributed by atoms with van der Waals surface area (Å²) in [5.74, 6) is -0.0234. The second-order valence-corrected chi connectivity index (χ2v) is 8.59. The molecule has 2 aromatic rings. The molecule has 2 rings (SSSR count). The van der Waals surface area contributed by atoms with Crippen LogP contribution in [0.25, 0.3) is 0 Å². The topological polar surface area (TPSA) is 105 Å². The molecule has 0 heterocycles. The minimum absolute atomic E-state index is 0.00317. The Bertz CT molecular complexity index is 926. The fourth-order valence-corrected chi connectivity index (χ4v) is 3.34. The number of carbonyl (C=O) groups excluding carboxylic acids is 1. The minimum Gasteiger partial charge on any atom is -0.490 e. The summed E-state index contributed by atoms with van der Waals surface area (Å²) in [4.78, 5) is 12.5. The maximum Gasteiger partial charge on any atom is 0.340 e. The number of benzene rings is 2. The summed E-state index contributed by atoms with van der Waals surface area (Å²) in [5, 5.41) is 11.9.